The molecule has 0 saturated heterocycles. The molecular formula is C12H12F2. The Labute approximate surface area is 82.3 Å². The summed E-state index contributed by atoms with van der Waals surface area (Å²) in [6.45, 7) is 3.88. The van der Waals surface area contributed by atoms with E-state index in [4.69, 9.17) is 0 Å². The normalized spacial score (nSPS) is 21.6. The van der Waals surface area contributed by atoms with Gasteiger partial charge >= 0.3 is 0 Å². The molecule has 0 aliphatic heterocycles. The first-order valence-corrected chi connectivity index (χ1v) is 4.78. The molecule has 1 unspecified atom stereocenters. The SMILES string of the molecule is C=C1CCC(c2ccc(F)cc2F)C1. The fourth-order valence-corrected chi connectivity index (χ4v) is 2.03. The van der Waals surface area contributed by atoms with Crippen molar-refractivity contribution < 1.29 is 8.78 Å². The second-order valence-electron chi connectivity index (χ2n) is 3.86. The minimum absolute atomic E-state index is 0.197. The lowest BCUT2D eigenvalue weighted by Gasteiger charge is -2.09. The Morgan fingerprint density at radius 3 is 2.64 bits per heavy atom. The van der Waals surface area contributed by atoms with Gasteiger partial charge in [-0.3, -0.25) is 0 Å². The van der Waals surface area contributed by atoms with Crippen LogP contribution in [0, 0.1) is 11.6 Å². The number of hydrogen-bond donors (Lipinski definition) is 0. The van der Waals surface area contributed by atoms with Crippen molar-refractivity contribution in [2.24, 2.45) is 0 Å². The average molecular weight is 194 g/mol. The van der Waals surface area contributed by atoms with E-state index in [0.717, 1.165) is 25.3 Å². The summed E-state index contributed by atoms with van der Waals surface area (Å²) in [6, 6.07) is 3.82. The van der Waals surface area contributed by atoms with E-state index in [1.165, 1.54) is 11.6 Å². The van der Waals surface area contributed by atoms with Crippen molar-refractivity contribution in [3.05, 3.63) is 47.5 Å². The van der Waals surface area contributed by atoms with E-state index >= 15 is 0 Å². The number of benzene rings is 1. The molecule has 2 rings (SSSR count). The Morgan fingerprint density at radius 2 is 2.07 bits per heavy atom. The highest BCUT2D eigenvalue weighted by Crippen LogP contribution is 2.37. The maximum Gasteiger partial charge on any atom is 0.129 e. The van der Waals surface area contributed by atoms with Gasteiger partial charge in [-0.05, 0) is 36.8 Å². The van der Waals surface area contributed by atoms with E-state index < -0.39 is 11.6 Å². The van der Waals surface area contributed by atoms with Crippen molar-refractivity contribution in [3.8, 4) is 0 Å². The standard InChI is InChI=1S/C12H12F2/c1-8-2-3-9(6-8)11-5-4-10(13)7-12(11)14/h4-5,7,9H,1-3,6H2. The fourth-order valence-electron chi connectivity index (χ4n) is 2.03. The number of halogens is 2. The van der Waals surface area contributed by atoms with Crippen LogP contribution >= 0.6 is 0 Å². The van der Waals surface area contributed by atoms with E-state index in [9.17, 15) is 8.78 Å². The zero-order chi connectivity index (χ0) is 10.1. The van der Waals surface area contributed by atoms with E-state index in [-0.39, 0.29) is 5.92 Å². The Morgan fingerprint density at radius 1 is 1.29 bits per heavy atom. The number of hydrogen-bond acceptors (Lipinski definition) is 0. The Hall–Kier alpha value is -1.18. The summed E-state index contributed by atoms with van der Waals surface area (Å²) in [5.41, 5.74) is 1.80. The van der Waals surface area contributed by atoms with Crippen molar-refractivity contribution in [2.75, 3.05) is 0 Å². The molecule has 0 nitrogen and oxygen atoms in total. The summed E-state index contributed by atoms with van der Waals surface area (Å²) < 4.78 is 26.0. The Kier molecular flexibility index (Phi) is 2.36. The summed E-state index contributed by atoms with van der Waals surface area (Å²) in [5, 5.41) is 0. The van der Waals surface area contributed by atoms with Gasteiger partial charge in [0.2, 0.25) is 0 Å². The van der Waals surface area contributed by atoms with Gasteiger partial charge in [0.25, 0.3) is 0 Å². The van der Waals surface area contributed by atoms with Gasteiger partial charge in [0.05, 0.1) is 0 Å². The molecule has 1 aliphatic carbocycles. The molecule has 0 spiro atoms. The molecule has 2 heteroatoms. The molecule has 1 aromatic rings. The van der Waals surface area contributed by atoms with Crippen molar-refractivity contribution in [3.63, 3.8) is 0 Å². The maximum atomic E-state index is 13.4. The Balaban J connectivity index is 2.28. The van der Waals surface area contributed by atoms with Gasteiger partial charge in [-0.1, -0.05) is 18.2 Å². The molecular weight excluding hydrogens is 182 g/mol. The smallest absolute Gasteiger partial charge is 0.129 e. The van der Waals surface area contributed by atoms with Crippen molar-refractivity contribution in [1.82, 2.24) is 0 Å². The van der Waals surface area contributed by atoms with Crippen LogP contribution in [0.3, 0.4) is 0 Å². The van der Waals surface area contributed by atoms with Crippen LogP contribution in [0.2, 0.25) is 0 Å². The molecule has 0 N–H and O–H groups in total. The summed E-state index contributed by atoms with van der Waals surface area (Å²) in [5.74, 6) is -0.740. The zero-order valence-electron chi connectivity index (χ0n) is 7.89. The van der Waals surface area contributed by atoms with Gasteiger partial charge in [0.15, 0.2) is 0 Å². The van der Waals surface area contributed by atoms with Crippen LogP contribution in [0.1, 0.15) is 30.7 Å². The molecule has 1 fully saturated rings. The van der Waals surface area contributed by atoms with Gasteiger partial charge in [0.1, 0.15) is 11.6 Å². The molecule has 0 bridgehead atoms. The monoisotopic (exact) mass is 194 g/mol. The number of allylic oxidation sites excluding steroid dienone is 1. The quantitative estimate of drug-likeness (QED) is 0.597. The van der Waals surface area contributed by atoms with E-state index in [2.05, 4.69) is 6.58 Å². The summed E-state index contributed by atoms with van der Waals surface area (Å²) in [4.78, 5) is 0. The third-order valence-electron chi connectivity index (χ3n) is 2.78. The molecule has 0 amide bonds. The van der Waals surface area contributed by atoms with Crippen LogP contribution in [0.4, 0.5) is 8.78 Å². The van der Waals surface area contributed by atoms with Gasteiger partial charge in [-0.2, -0.15) is 0 Å². The second kappa shape index (κ2) is 3.52. The van der Waals surface area contributed by atoms with Crippen LogP contribution in [-0.4, -0.2) is 0 Å². The van der Waals surface area contributed by atoms with Crippen LogP contribution in [0.25, 0.3) is 0 Å². The Bertz CT molecular complexity index is 369. The zero-order valence-corrected chi connectivity index (χ0v) is 7.89. The lowest BCUT2D eigenvalue weighted by Crippen LogP contribution is -1.97. The second-order valence-corrected chi connectivity index (χ2v) is 3.86. The lowest BCUT2D eigenvalue weighted by atomic mass is 9.97. The topological polar surface area (TPSA) is 0 Å². The largest absolute Gasteiger partial charge is 0.207 e. The lowest BCUT2D eigenvalue weighted by molar-refractivity contribution is 0.555. The fraction of sp³-hybridized carbons (Fsp3) is 0.333. The summed E-state index contributed by atoms with van der Waals surface area (Å²) in [7, 11) is 0. The first-order chi connectivity index (χ1) is 6.66. The van der Waals surface area contributed by atoms with Gasteiger partial charge in [-0.25, -0.2) is 8.78 Å². The van der Waals surface area contributed by atoms with E-state index in [1.807, 2.05) is 0 Å². The molecule has 0 aromatic heterocycles. The third-order valence-corrected chi connectivity index (χ3v) is 2.78. The molecule has 1 aliphatic rings. The van der Waals surface area contributed by atoms with Crippen LogP contribution in [0.15, 0.2) is 30.4 Å². The minimum atomic E-state index is -0.511. The van der Waals surface area contributed by atoms with Crippen LogP contribution in [0.5, 0.6) is 0 Å². The van der Waals surface area contributed by atoms with E-state index in [0.29, 0.717) is 5.56 Å². The van der Waals surface area contributed by atoms with Crippen molar-refractivity contribution >= 4 is 0 Å². The van der Waals surface area contributed by atoms with Gasteiger partial charge in [0, 0.05) is 6.07 Å². The summed E-state index contributed by atoms with van der Waals surface area (Å²) in [6.07, 6.45) is 2.73. The highest BCUT2D eigenvalue weighted by atomic mass is 19.1. The molecule has 1 saturated carbocycles. The average Bonchev–Trinajstić information content (AvgIpc) is 2.51. The van der Waals surface area contributed by atoms with Crippen LogP contribution in [-0.2, 0) is 0 Å². The third kappa shape index (κ3) is 1.69. The minimum Gasteiger partial charge on any atom is -0.207 e. The van der Waals surface area contributed by atoms with Crippen molar-refractivity contribution in [1.29, 1.82) is 0 Å². The van der Waals surface area contributed by atoms with Gasteiger partial charge in [-0.15, -0.1) is 0 Å². The predicted molar refractivity (Wildman–Crippen MR) is 52.1 cm³/mol. The molecule has 14 heavy (non-hydrogen) atoms. The van der Waals surface area contributed by atoms with Crippen LogP contribution < -0.4 is 0 Å². The highest BCUT2D eigenvalue weighted by Gasteiger charge is 2.22. The predicted octanol–water partition coefficient (Wildman–Crippen LogP) is 3.79. The maximum absolute atomic E-state index is 13.4. The highest BCUT2D eigenvalue weighted by molar-refractivity contribution is 5.26. The molecule has 74 valence electrons. The van der Waals surface area contributed by atoms with Crippen molar-refractivity contribution in [2.45, 2.75) is 25.2 Å². The summed E-state index contributed by atoms with van der Waals surface area (Å²) >= 11 is 0. The first kappa shape index (κ1) is 9.38. The molecule has 0 heterocycles. The molecule has 1 atom stereocenters. The molecule has 0 radical (unpaired) electrons. The first-order valence-electron chi connectivity index (χ1n) is 4.78. The van der Waals surface area contributed by atoms with Gasteiger partial charge < -0.3 is 0 Å². The number of rotatable bonds is 1. The van der Waals surface area contributed by atoms with E-state index in [1.54, 1.807) is 6.07 Å². The molecule has 1 aromatic carbocycles.